The van der Waals surface area contributed by atoms with E-state index in [1.54, 1.807) is 23.0 Å². The van der Waals surface area contributed by atoms with Crippen LogP contribution in [0.1, 0.15) is 4.88 Å². The minimum atomic E-state index is -0.718. The summed E-state index contributed by atoms with van der Waals surface area (Å²) in [4.78, 5) is 18.5. The Bertz CT molecular complexity index is 485. The van der Waals surface area contributed by atoms with Crippen LogP contribution in [0.2, 0.25) is 4.47 Å². The minimum absolute atomic E-state index is 0. The average Bonchev–Trinajstić information content (AvgIpc) is 2.69. The van der Waals surface area contributed by atoms with Crippen molar-refractivity contribution in [1.29, 1.82) is 0 Å². The van der Waals surface area contributed by atoms with Gasteiger partial charge in [-0.25, -0.2) is 15.1 Å². The molecule has 0 N–H and O–H groups in total. The number of rotatable bonds is 3. The maximum atomic E-state index is 10.5. The van der Waals surface area contributed by atoms with Gasteiger partial charge in [-0.3, -0.25) is 0 Å². The van der Waals surface area contributed by atoms with Crippen molar-refractivity contribution < 1.29 is 9.77 Å². The smallest absolute Gasteiger partial charge is 0.277 e. The summed E-state index contributed by atoms with van der Waals surface area (Å²) in [7, 11) is 1.67. The Kier molecular flexibility index (Phi) is 5.91. The lowest BCUT2D eigenvalue weighted by Crippen LogP contribution is -2.49. The molecule has 1 aromatic heterocycles. The van der Waals surface area contributed by atoms with Crippen molar-refractivity contribution in [3.63, 3.8) is 0 Å². The number of ether oxygens (including phenoxy) is 1. The van der Waals surface area contributed by atoms with E-state index in [0.29, 0.717) is 11.0 Å². The van der Waals surface area contributed by atoms with Crippen LogP contribution in [0.25, 0.3) is 0 Å². The van der Waals surface area contributed by atoms with Gasteiger partial charge < -0.3 is 14.5 Å². The number of guanidine groups is 1. The molecule has 1 aliphatic rings. The monoisotopic (exact) mass is 371 g/mol. The summed E-state index contributed by atoms with van der Waals surface area (Å²) < 4.78 is 5.72. The van der Waals surface area contributed by atoms with Crippen molar-refractivity contribution in [2.24, 2.45) is 5.10 Å². The summed E-state index contributed by atoms with van der Waals surface area (Å²) >= 11 is 7.05. The maximum absolute atomic E-state index is 10.5. The number of nitro groups is 1. The first kappa shape index (κ1) is 16.1. The molecule has 0 saturated carbocycles. The Balaban J connectivity index is 0.00000180. The highest BCUT2D eigenvalue weighted by Gasteiger charge is 2.25. The summed E-state index contributed by atoms with van der Waals surface area (Å²) in [5, 5.41) is 13.2. The molecule has 0 atom stereocenters. The molecule has 0 amide bonds. The van der Waals surface area contributed by atoms with E-state index in [2.05, 4.69) is 10.1 Å². The number of thiazole rings is 1. The SMILES string of the molecule is Br.CN1COCN(Cc2cnc(Cl)s2)C1=N[N+](=O)[O-]. The lowest BCUT2D eigenvalue weighted by atomic mass is 10.5. The number of aromatic nitrogens is 1. The van der Waals surface area contributed by atoms with Crippen LogP contribution in [0.3, 0.4) is 0 Å². The molecule has 8 nitrogen and oxygen atoms in total. The lowest BCUT2D eigenvalue weighted by Gasteiger charge is -2.34. The van der Waals surface area contributed by atoms with Gasteiger partial charge in [-0.1, -0.05) is 11.6 Å². The fourth-order valence-electron chi connectivity index (χ4n) is 1.52. The van der Waals surface area contributed by atoms with Gasteiger partial charge in [0.15, 0.2) is 9.50 Å². The summed E-state index contributed by atoms with van der Waals surface area (Å²) in [6.07, 6.45) is 1.63. The summed E-state index contributed by atoms with van der Waals surface area (Å²) in [6.45, 7) is 0.931. The Hall–Kier alpha value is -0.970. The Morgan fingerprint density at radius 2 is 2.42 bits per heavy atom. The first-order valence-corrected chi connectivity index (χ1v) is 6.12. The van der Waals surface area contributed by atoms with E-state index < -0.39 is 5.03 Å². The zero-order chi connectivity index (χ0) is 13.1. The molecule has 106 valence electrons. The molecular formula is C8H11BrClN5O3S. The van der Waals surface area contributed by atoms with Crippen LogP contribution in [-0.4, -0.2) is 46.3 Å². The Labute approximate surface area is 128 Å². The second kappa shape index (κ2) is 6.98. The first-order valence-electron chi connectivity index (χ1n) is 4.93. The highest BCUT2D eigenvalue weighted by atomic mass is 79.9. The van der Waals surface area contributed by atoms with Crippen molar-refractivity contribution in [1.82, 2.24) is 14.8 Å². The molecule has 11 heteroatoms. The molecule has 1 saturated heterocycles. The maximum Gasteiger partial charge on any atom is 0.277 e. The van der Waals surface area contributed by atoms with Gasteiger partial charge in [0.05, 0.1) is 6.54 Å². The Morgan fingerprint density at radius 3 is 3.00 bits per heavy atom. The molecule has 0 radical (unpaired) electrons. The zero-order valence-corrected chi connectivity index (χ0v) is 13.1. The van der Waals surface area contributed by atoms with E-state index in [-0.39, 0.29) is 36.4 Å². The van der Waals surface area contributed by atoms with Crippen molar-refractivity contribution in [2.75, 3.05) is 20.5 Å². The van der Waals surface area contributed by atoms with Gasteiger partial charge in [-0.15, -0.1) is 28.3 Å². The lowest BCUT2D eigenvalue weighted by molar-refractivity contribution is -0.486. The summed E-state index contributed by atoms with van der Waals surface area (Å²) in [5.74, 6) is 0.260. The van der Waals surface area contributed by atoms with Crippen LogP contribution in [0.15, 0.2) is 11.3 Å². The second-order valence-corrected chi connectivity index (χ2v) is 5.27. The summed E-state index contributed by atoms with van der Waals surface area (Å²) in [5.41, 5.74) is 0. The van der Waals surface area contributed by atoms with Crippen molar-refractivity contribution in [2.45, 2.75) is 6.54 Å². The fourth-order valence-corrected chi connectivity index (χ4v) is 2.51. The number of hydrogen-bond donors (Lipinski definition) is 0. The van der Waals surface area contributed by atoms with Gasteiger partial charge in [-0.2, -0.15) is 0 Å². The fraction of sp³-hybridized carbons (Fsp3) is 0.500. The molecule has 1 fully saturated rings. The zero-order valence-electron chi connectivity index (χ0n) is 9.85. The van der Waals surface area contributed by atoms with E-state index in [1.165, 1.54) is 11.3 Å². The molecular weight excluding hydrogens is 362 g/mol. The van der Waals surface area contributed by atoms with Crippen LogP contribution in [0.5, 0.6) is 0 Å². The molecule has 2 rings (SSSR count). The molecule has 2 heterocycles. The molecule has 1 aliphatic heterocycles. The van der Waals surface area contributed by atoms with Crippen LogP contribution >= 0.6 is 39.9 Å². The number of nitrogens with zero attached hydrogens (tertiary/aromatic N) is 5. The highest BCUT2D eigenvalue weighted by Crippen LogP contribution is 2.20. The molecule has 1 aromatic rings. The van der Waals surface area contributed by atoms with Gasteiger partial charge >= 0.3 is 0 Å². The third-order valence-corrected chi connectivity index (χ3v) is 3.30. The van der Waals surface area contributed by atoms with Crippen molar-refractivity contribution in [3.8, 4) is 0 Å². The standard InChI is InChI=1S/C8H10ClN5O3S.BrH/c1-12-4-17-5-13(8(12)11-14(15)16)3-6-2-10-7(9)18-6;/h2H,3-5H2,1H3;1H. The van der Waals surface area contributed by atoms with Crippen LogP contribution in [-0.2, 0) is 11.3 Å². The average molecular weight is 373 g/mol. The summed E-state index contributed by atoms with van der Waals surface area (Å²) in [6, 6.07) is 0. The van der Waals surface area contributed by atoms with E-state index in [0.717, 1.165) is 4.88 Å². The van der Waals surface area contributed by atoms with Crippen LogP contribution < -0.4 is 0 Å². The van der Waals surface area contributed by atoms with Gasteiger partial charge in [-0.05, 0) is 0 Å². The van der Waals surface area contributed by atoms with Gasteiger partial charge in [0, 0.05) is 18.1 Å². The van der Waals surface area contributed by atoms with Crippen LogP contribution in [0.4, 0.5) is 0 Å². The van der Waals surface area contributed by atoms with E-state index >= 15 is 0 Å². The third-order valence-electron chi connectivity index (χ3n) is 2.20. The van der Waals surface area contributed by atoms with Crippen molar-refractivity contribution in [3.05, 3.63) is 25.7 Å². The molecule has 19 heavy (non-hydrogen) atoms. The predicted molar refractivity (Wildman–Crippen MR) is 76.0 cm³/mol. The normalized spacial score (nSPS) is 17.5. The predicted octanol–water partition coefficient (Wildman–Crippen LogP) is 1.60. The van der Waals surface area contributed by atoms with Crippen LogP contribution in [0, 0.1) is 10.1 Å². The van der Waals surface area contributed by atoms with Gasteiger partial charge in [0.2, 0.25) is 0 Å². The third kappa shape index (κ3) is 4.27. The van der Waals surface area contributed by atoms with Crippen molar-refractivity contribution >= 4 is 45.9 Å². The topological polar surface area (TPSA) is 84.1 Å². The quantitative estimate of drug-likeness (QED) is 0.592. The molecule has 0 aliphatic carbocycles. The van der Waals surface area contributed by atoms with Gasteiger partial charge in [0.25, 0.3) is 5.96 Å². The van der Waals surface area contributed by atoms with E-state index in [1.807, 2.05) is 0 Å². The highest BCUT2D eigenvalue weighted by molar-refractivity contribution is 8.93. The molecule has 0 bridgehead atoms. The largest absolute Gasteiger partial charge is 0.341 e. The molecule has 0 spiro atoms. The van der Waals surface area contributed by atoms with E-state index in [4.69, 9.17) is 16.3 Å². The first-order chi connectivity index (χ1) is 8.56. The molecule has 0 unspecified atom stereocenters. The Morgan fingerprint density at radius 1 is 1.68 bits per heavy atom. The number of hydrazone groups is 1. The van der Waals surface area contributed by atoms with Gasteiger partial charge in [0.1, 0.15) is 18.6 Å². The number of hydrogen-bond acceptors (Lipinski definition) is 5. The number of halogens is 2. The second-order valence-electron chi connectivity index (χ2n) is 3.58. The van der Waals surface area contributed by atoms with E-state index in [9.17, 15) is 10.1 Å². The minimum Gasteiger partial charge on any atom is -0.341 e. The molecule has 0 aromatic carbocycles.